The predicted octanol–water partition coefficient (Wildman–Crippen LogP) is 7.75. The van der Waals surface area contributed by atoms with Crippen molar-refractivity contribution in [3.8, 4) is 0 Å². The third-order valence-electron chi connectivity index (χ3n) is 16.1. The van der Waals surface area contributed by atoms with Gasteiger partial charge in [0, 0.05) is 43.1 Å². The Kier molecular flexibility index (Phi) is 8.13. The SMILES string of the molecule is CC(=O)N(Cc1cc(F)cc(F)c1)CC1C[C@@H](C)[C@H]2C(O1)[C@H](O)[C@@]1(C)C3CC[C@H]4C(C)(C)[C@@H](OC(=O)c5ccccn5)CC[C@@]45C[C@@]35CC[C@]21C. The number of amides is 1. The number of pyridine rings is 1. The van der Waals surface area contributed by atoms with Gasteiger partial charge >= 0.3 is 5.97 Å². The van der Waals surface area contributed by atoms with Crippen molar-refractivity contribution in [2.24, 2.45) is 50.7 Å². The van der Waals surface area contributed by atoms with Crippen LogP contribution in [0.2, 0.25) is 0 Å². The number of benzene rings is 1. The zero-order valence-electron chi connectivity index (χ0n) is 31.0. The van der Waals surface area contributed by atoms with E-state index in [9.17, 15) is 23.5 Å². The number of halogens is 2. The summed E-state index contributed by atoms with van der Waals surface area (Å²) in [7, 11) is 0. The fourth-order valence-electron chi connectivity index (χ4n) is 13.9. The van der Waals surface area contributed by atoms with Crippen LogP contribution in [0, 0.1) is 62.4 Å². The maximum absolute atomic E-state index is 14.0. The maximum Gasteiger partial charge on any atom is 0.357 e. The molecule has 2 spiro atoms. The molecule has 6 aliphatic rings. The summed E-state index contributed by atoms with van der Waals surface area (Å²) in [4.78, 5) is 31.7. The summed E-state index contributed by atoms with van der Waals surface area (Å²) >= 11 is 0. The van der Waals surface area contributed by atoms with E-state index in [1.807, 2.05) is 6.07 Å². The highest BCUT2D eigenvalue weighted by Gasteiger charge is 2.84. The smallest absolute Gasteiger partial charge is 0.357 e. The summed E-state index contributed by atoms with van der Waals surface area (Å²) in [5.74, 6) is -0.576. The molecule has 0 bridgehead atoms. The lowest BCUT2D eigenvalue weighted by molar-refractivity contribution is -0.183. The number of rotatable bonds is 6. The normalized spacial score (nSPS) is 43.1. The van der Waals surface area contributed by atoms with Crippen LogP contribution in [0.25, 0.3) is 0 Å². The van der Waals surface area contributed by atoms with E-state index in [0.717, 1.165) is 51.0 Å². The number of carbonyl (C=O) groups is 2. The van der Waals surface area contributed by atoms with Crippen LogP contribution in [0.15, 0.2) is 42.6 Å². The van der Waals surface area contributed by atoms with Gasteiger partial charge in [-0.2, -0.15) is 0 Å². The average Bonchev–Trinajstić information content (AvgIpc) is 3.70. The molecule has 7 nitrogen and oxygen atoms in total. The molecule has 1 saturated heterocycles. The van der Waals surface area contributed by atoms with Crippen molar-refractivity contribution in [1.82, 2.24) is 9.88 Å². The molecule has 1 amide bonds. The molecule has 1 aromatic carbocycles. The Morgan fingerprint density at radius 3 is 2.39 bits per heavy atom. The molecule has 12 atom stereocenters. The molecule has 276 valence electrons. The fourth-order valence-corrected chi connectivity index (χ4v) is 13.9. The molecule has 5 saturated carbocycles. The molecule has 1 aromatic heterocycles. The molecule has 1 N–H and O–H groups in total. The number of carbonyl (C=O) groups excluding carboxylic acids is 2. The molecular formula is C42H54F2N2O5. The minimum Gasteiger partial charge on any atom is -0.457 e. The Balaban J connectivity index is 1.02. The third kappa shape index (κ3) is 4.95. The van der Waals surface area contributed by atoms with Gasteiger partial charge in [0.1, 0.15) is 23.4 Å². The van der Waals surface area contributed by atoms with Crippen LogP contribution in [0.4, 0.5) is 8.78 Å². The number of nitrogens with zero attached hydrogens (tertiary/aromatic N) is 2. The van der Waals surface area contributed by atoms with Crippen LogP contribution < -0.4 is 0 Å². The highest BCUT2D eigenvalue weighted by molar-refractivity contribution is 5.87. The van der Waals surface area contributed by atoms with Crippen molar-refractivity contribution in [3.05, 3.63) is 65.5 Å². The molecule has 2 heterocycles. The number of aliphatic hydroxyl groups excluding tert-OH is 1. The predicted molar refractivity (Wildman–Crippen MR) is 187 cm³/mol. The van der Waals surface area contributed by atoms with Gasteiger partial charge in [0.15, 0.2) is 0 Å². The van der Waals surface area contributed by atoms with Crippen LogP contribution in [0.3, 0.4) is 0 Å². The number of ether oxygens (including phenoxy) is 2. The lowest BCUT2D eigenvalue weighted by Gasteiger charge is -2.63. The molecule has 0 radical (unpaired) electrons. The van der Waals surface area contributed by atoms with Crippen molar-refractivity contribution < 1.29 is 33.0 Å². The zero-order chi connectivity index (χ0) is 36.3. The van der Waals surface area contributed by atoms with Gasteiger partial charge in [0.05, 0.1) is 18.3 Å². The van der Waals surface area contributed by atoms with E-state index in [0.29, 0.717) is 29.6 Å². The largest absolute Gasteiger partial charge is 0.457 e. The van der Waals surface area contributed by atoms with E-state index in [4.69, 9.17) is 9.47 Å². The summed E-state index contributed by atoms with van der Waals surface area (Å²) in [6.07, 6.45) is 8.33. The first-order valence-corrected chi connectivity index (χ1v) is 19.2. The van der Waals surface area contributed by atoms with E-state index in [-0.39, 0.29) is 75.6 Å². The Morgan fingerprint density at radius 2 is 1.71 bits per heavy atom. The quantitative estimate of drug-likeness (QED) is 0.310. The van der Waals surface area contributed by atoms with E-state index < -0.39 is 17.7 Å². The summed E-state index contributed by atoms with van der Waals surface area (Å²) in [6, 6.07) is 8.70. The Labute approximate surface area is 300 Å². The van der Waals surface area contributed by atoms with Gasteiger partial charge in [0.25, 0.3) is 0 Å². The second-order valence-corrected chi connectivity index (χ2v) is 18.4. The molecule has 6 fully saturated rings. The topological polar surface area (TPSA) is 89.0 Å². The Hall–Kier alpha value is -2.91. The second-order valence-electron chi connectivity index (χ2n) is 18.4. The molecule has 1 aliphatic heterocycles. The van der Waals surface area contributed by atoms with Gasteiger partial charge in [0.2, 0.25) is 5.91 Å². The van der Waals surface area contributed by atoms with E-state index in [2.05, 4.69) is 39.6 Å². The van der Waals surface area contributed by atoms with Crippen LogP contribution in [-0.2, 0) is 20.8 Å². The Morgan fingerprint density at radius 1 is 1.00 bits per heavy atom. The van der Waals surface area contributed by atoms with Gasteiger partial charge < -0.3 is 19.5 Å². The van der Waals surface area contributed by atoms with Crippen molar-refractivity contribution >= 4 is 11.9 Å². The maximum atomic E-state index is 14.0. The monoisotopic (exact) mass is 704 g/mol. The van der Waals surface area contributed by atoms with Crippen molar-refractivity contribution in [2.45, 2.75) is 124 Å². The molecule has 51 heavy (non-hydrogen) atoms. The number of fused-ring (bicyclic) bond motifs is 4. The molecular weight excluding hydrogens is 650 g/mol. The first-order chi connectivity index (χ1) is 24.1. The van der Waals surface area contributed by atoms with Crippen LogP contribution >= 0.6 is 0 Å². The summed E-state index contributed by atoms with van der Waals surface area (Å²) < 4.78 is 41.1. The van der Waals surface area contributed by atoms with E-state index in [1.165, 1.54) is 25.5 Å². The van der Waals surface area contributed by atoms with Gasteiger partial charge in [-0.1, -0.05) is 40.7 Å². The highest BCUT2D eigenvalue weighted by Crippen LogP contribution is 2.89. The number of hydrogen-bond acceptors (Lipinski definition) is 6. The zero-order valence-corrected chi connectivity index (χ0v) is 31.0. The summed E-state index contributed by atoms with van der Waals surface area (Å²) in [6.45, 7) is 13.6. The summed E-state index contributed by atoms with van der Waals surface area (Å²) in [5.41, 5.74) is 0.512. The highest BCUT2D eigenvalue weighted by atomic mass is 19.1. The van der Waals surface area contributed by atoms with Crippen molar-refractivity contribution in [2.75, 3.05) is 6.54 Å². The molecule has 5 aliphatic carbocycles. The second kappa shape index (κ2) is 11.8. The van der Waals surface area contributed by atoms with Crippen LogP contribution in [-0.4, -0.2) is 57.8 Å². The average molecular weight is 705 g/mol. The minimum atomic E-state index is -0.665. The standard InChI is InChI=1S/C42H54F2N2O5/c1-24-17-29(22-46(25(2)47)21-26-18-27(43)20-28(44)19-26)50-35-34(24)39(5)14-15-42-23-41(42)13-12-33(51-37(49)30-9-7-8-16-45-30)38(3,4)31(41)10-11-32(42)40(39,6)36(35)48/h7-9,16,18-20,24,29,31-36,48H,10-15,17,21-23H2,1-6H3/t24-,29?,31+,32?,33+,34+,35?,36+,39-,40-,41-,42+/m1/s1. The fraction of sp³-hybridized carbons (Fsp3) is 0.690. The number of hydrogen-bond donors (Lipinski definition) is 1. The van der Waals surface area contributed by atoms with Crippen molar-refractivity contribution in [3.63, 3.8) is 0 Å². The number of esters is 1. The lowest BCUT2D eigenvalue weighted by atomic mass is 9.41. The van der Waals surface area contributed by atoms with E-state index in [1.54, 1.807) is 23.2 Å². The number of aliphatic hydroxyl groups is 1. The molecule has 2 aromatic rings. The third-order valence-corrected chi connectivity index (χ3v) is 16.1. The molecule has 8 rings (SSSR count). The van der Waals surface area contributed by atoms with Gasteiger partial charge in [-0.25, -0.2) is 18.6 Å². The van der Waals surface area contributed by atoms with Crippen molar-refractivity contribution in [1.29, 1.82) is 0 Å². The van der Waals surface area contributed by atoms with Gasteiger partial charge in [-0.3, -0.25) is 4.79 Å². The van der Waals surface area contributed by atoms with E-state index >= 15 is 0 Å². The minimum absolute atomic E-state index is 0.0950. The van der Waals surface area contributed by atoms with Crippen LogP contribution in [0.1, 0.15) is 109 Å². The van der Waals surface area contributed by atoms with Gasteiger partial charge in [-0.15, -0.1) is 0 Å². The first-order valence-electron chi connectivity index (χ1n) is 19.2. The van der Waals surface area contributed by atoms with Gasteiger partial charge in [-0.05, 0) is 121 Å². The first kappa shape index (κ1) is 35.1. The summed E-state index contributed by atoms with van der Waals surface area (Å²) in [5, 5.41) is 12.6. The lowest BCUT2D eigenvalue weighted by Crippen LogP contribution is -2.60. The molecule has 9 heteroatoms. The Bertz CT molecular complexity index is 1700. The number of aromatic nitrogens is 1. The van der Waals surface area contributed by atoms with Crippen LogP contribution in [0.5, 0.6) is 0 Å². The molecule has 3 unspecified atom stereocenters.